The van der Waals surface area contributed by atoms with Gasteiger partial charge in [-0.3, -0.25) is 14.5 Å². The van der Waals surface area contributed by atoms with Crippen LogP contribution in [0.2, 0.25) is 0 Å². The molecule has 2 aromatic heterocycles. The molecule has 1 aliphatic heterocycles. The van der Waals surface area contributed by atoms with Gasteiger partial charge in [0, 0.05) is 11.6 Å². The Bertz CT molecular complexity index is 1130. The van der Waals surface area contributed by atoms with Crippen molar-refractivity contribution in [3.8, 4) is 5.75 Å². The van der Waals surface area contributed by atoms with Crippen LogP contribution in [0.3, 0.4) is 0 Å². The standard InChI is InChI=1S/C23H22N2O5S/c1-3-4-11-29-16-7-5-6-15(13-16)19-18(20(26)17-9-8-14(2)30-17)21(27)22(28)25(19)23-24-10-12-31-23/h5-10,12-13,19,27H,3-4,11H2,1-2H3. The van der Waals surface area contributed by atoms with Gasteiger partial charge < -0.3 is 14.3 Å². The summed E-state index contributed by atoms with van der Waals surface area (Å²) < 4.78 is 11.3. The van der Waals surface area contributed by atoms with Crippen LogP contribution in [0.25, 0.3) is 0 Å². The Morgan fingerprint density at radius 2 is 2.16 bits per heavy atom. The van der Waals surface area contributed by atoms with Crippen LogP contribution in [0.5, 0.6) is 5.75 Å². The average molecular weight is 439 g/mol. The number of aliphatic hydroxyl groups excluding tert-OH is 1. The second-order valence-corrected chi connectivity index (χ2v) is 8.04. The predicted octanol–water partition coefficient (Wildman–Crippen LogP) is 5.01. The first kappa shape index (κ1) is 20.9. The van der Waals surface area contributed by atoms with Gasteiger partial charge in [0.05, 0.1) is 18.2 Å². The first-order chi connectivity index (χ1) is 15.0. The van der Waals surface area contributed by atoms with Crippen LogP contribution in [0.15, 0.2) is 63.7 Å². The lowest BCUT2D eigenvalue weighted by Crippen LogP contribution is -2.30. The third-order valence-electron chi connectivity index (χ3n) is 4.98. The molecule has 0 saturated heterocycles. The van der Waals surface area contributed by atoms with E-state index in [0.29, 0.717) is 28.8 Å². The summed E-state index contributed by atoms with van der Waals surface area (Å²) in [5, 5.41) is 12.8. The van der Waals surface area contributed by atoms with E-state index in [1.54, 1.807) is 42.8 Å². The van der Waals surface area contributed by atoms with E-state index in [0.717, 1.165) is 12.8 Å². The van der Waals surface area contributed by atoms with Crippen LogP contribution in [0.4, 0.5) is 5.13 Å². The van der Waals surface area contributed by atoms with Crippen molar-refractivity contribution in [3.63, 3.8) is 0 Å². The summed E-state index contributed by atoms with van der Waals surface area (Å²) in [7, 11) is 0. The van der Waals surface area contributed by atoms with E-state index in [-0.39, 0.29) is 11.3 Å². The molecule has 4 rings (SSSR count). The number of hydrogen-bond acceptors (Lipinski definition) is 7. The van der Waals surface area contributed by atoms with Crippen molar-refractivity contribution in [1.29, 1.82) is 0 Å². The lowest BCUT2D eigenvalue weighted by atomic mass is 9.95. The van der Waals surface area contributed by atoms with E-state index in [2.05, 4.69) is 11.9 Å². The molecule has 1 atom stereocenters. The molecule has 160 valence electrons. The number of ether oxygens (including phenoxy) is 1. The summed E-state index contributed by atoms with van der Waals surface area (Å²) in [5.74, 6) is -0.564. The van der Waals surface area contributed by atoms with Crippen molar-refractivity contribution in [2.24, 2.45) is 0 Å². The number of thiazole rings is 1. The number of amides is 1. The number of aliphatic hydroxyl groups is 1. The summed E-state index contributed by atoms with van der Waals surface area (Å²) in [4.78, 5) is 31.9. The summed E-state index contributed by atoms with van der Waals surface area (Å²) in [6.45, 7) is 4.37. The van der Waals surface area contributed by atoms with Gasteiger partial charge in [0.2, 0.25) is 5.78 Å². The SMILES string of the molecule is CCCCOc1cccc(C2C(C(=O)c3ccc(C)o3)=C(O)C(=O)N2c2nccs2)c1. The minimum atomic E-state index is -0.855. The number of nitrogens with zero attached hydrogens (tertiary/aromatic N) is 2. The van der Waals surface area contributed by atoms with Crippen molar-refractivity contribution in [2.75, 3.05) is 11.5 Å². The molecule has 8 heteroatoms. The lowest BCUT2D eigenvalue weighted by Gasteiger charge is -2.24. The first-order valence-electron chi connectivity index (χ1n) is 10.0. The van der Waals surface area contributed by atoms with Crippen molar-refractivity contribution >= 4 is 28.2 Å². The summed E-state index contributed by atoms with van der Waals surface area (Å²) >= 11 is 1.25. The van der Waals surface area contributed by atoms with Crippen molar-refractivity contribution in [3.05, 3.63) is 76.4 Å². The highest BCUT2D eigenvalue weighted by Crippen LogP contribution is 2.43. The molecule has 31 heavy (non-hydrogen) atoms. The van der Waals surface area contributed by atoms with Crippen LogP contribution >= 0.6 is 11.3 Å². The quantitative estimate of drug-likeness (QED) is 0.393. The molecule has 0 fully saturated rings. The topological polar surface area (TPSA) is 92.9 Å². The van der Waals surface area contributed by atoms with Crippen molar-refractivity contribution in [1.82, 2.24) is 4.98 Å². The van der Waals surface area contributed by atoms with Crippen LogP contribution in [-0.4, -0.2) is 28.4 Å². The largest absolute Gasteiger partial charge is 0.503 e. The maximum absolute atomic E-state index is 13.3. The van der Waals surface area contributed by atoms with E-state index in [1.807, 2.05) is 6.07 Å². The Labute approximate surface area is 183 Å². The van der Waals surface area contributed by atoms with Gasteiger partial charge in [0.1, 0.15) is 11.5 Å². The third-order valence-corrected chi connectivity index (χ3v) is 5.75. The number of Topliss-reactive ketones (excluding diaryl/α,β-unsaturated/α-hetero) is 1. The average Bonchev–Trinajstić information content (AvgIpc) is 3.49. The van der Waals surface area contributed by atoms with Gasteiger partial charge >= 0.3 is 0 Å². The van der Waals surface area contributed by atoms with E-state index in [9.17, 15) is 14.7 Å². The van der Waals surface area contributed by atoms with Gasteiger partial charge in [-0.1, -0.05) is 25.5 Å². The van der Waals surface area contributed by atoms with Gasteiger partial charge in [-0.05, 0) is 43.2 Å². The van der Waals surface area contributed by atoms with Crippen LogP contribution in [0.1, 0.15) is 47.7 Å². The molecule has 0 aliphatic carbocycles. The smallest absolute Gasteiger partial charge is 0.296 e. The second kappa shape index (κ2) is 8.77. The number of rotatable bonds is 8. The Kier molecular flexibility index (Phi) is 5.90. The van der Waals surface area contributed by atoms with Crippen molar-refractivity contribution < 1.29 is 23.8 Å². The molecule has 3 heterocycles. The van der Waals surface area contributed by atoms with E-state index in [1.165, 1.54) is 22.3 Å². The first-order valence-corrected chi connectivity index (χ1v) is 10.9. The number of benzene rings is 1. The zero-order chi connectivity index (χ0) is 22.0. The molecule has 1 aliphatic rings. The van der Waals surface area contributed by atoms with Gasteiger partial charge in [0.25, 0.3) is 5.91 Å². The number of ketones is 1. The summed E-state index contributed by atoms with van der Waals surface area (Å²) in [6, 6.07) is 9.55. The lowest BCUT2D eigenvalue weighted by molar-refractivity contribution is -0.117. The fraction of sp³-hybridized carbons (Fsp3) is 0.261. The van der Waals surface area contributed by atoms with Crippen molar-refractivity contribution in [2.45, 2.75) is 32.7 Å². The Hall–Kier alpha value is -3.39. The highest BCUT2D eigenvalue weighted by molar-refractivity contribution is 7.13. The number of aryl methyl sites for hydroxylation is 1. The predicted molar refractivity (Wildman–Crippen MR) is 117 cm³/mol. The molecule has 3 aromatic rings. The number of carbonyl (C=O) groups excluding carboxylic acids is 2. The number of carbonyl (C=O) groups is 2. The molecule has 0 bridgehead atoms. The Morgan fingerprint density at radius 3 is 2.84 bits per heavy atom. The van der Waals surface area contributed by atoms with Gasteiger partial charge in [-0.15, -0.1) is 11.3 Å². The fourth-order valence-corrected chi connectivity index (χ4v) is 4.15. The molecular formula is C23H22N2O5S. The van der Waals surface area contributed by atoms with Gasteiger partial charge in [-0.2, -0.15) is 0 Å². The summed E-state index contributed by atoms with van der Waals surface area (Å²) in [6.07, 6.45) is 3.49. The monoisotopic (exact) mass is 438 g/mol. The molecule has 1 aromatic carbocycles. The maximum Gasteiger partial charge on any atom is 0.296 e. The Balaban J connectivity index is 1.79. The van der Waals surface area contributed by atoms with Crippen LogP contribution < -0.4 is 9.64 Å². The number of anilines is 1. The molecule has 7 nitrogen and oxygen atoms in total. The highest BCUT2D eigenvalue weighted by Gasteiger charge is 2.46. The van der Waals surface area contributed by atoms with Crippen LogP contribution in [0, 0.1) is 6.92 Å². The third kappa shape index (κ3) is 3.98. The zero-order valence-electron chi connectivity index (χ0n) is 17.2. The molecule has 1 amide bonds. The molecule has 0 spiro atoms. The van der Waals surface area contributed by atoms with Gasteiger partial charge in [-0.25, -0.2) is 4.98 Å². The molecular weight excluding hydrogens is 416 g/mol. The highest BCUT2D eigenvalue weighted by atomic mass is 32.1. The zero-order valence-corrected chi connectivity index (χ0v) is 18.0. The second-order valence-electron chi connectivity index (χ2n) is 7.17. The number of hydrogen-bond donors (Lipinski definition) is 1. The Morgan fingerprint density at radius 1 is 1.32 bits per heavy atom. The van der Waals surface area contributed by atoms with E-state index < -0.39 is 23.5 Å². The molecule has 0 radical (unpaired) electrons. The fourth-order valence-electron chi connectivity index (χ4n) is 3.48. The summed E-state index contributed by atoms with van der Waals surface area (Å²) in [5.41, 5.74) is 0.591. The minimum absolute atomic E-state index is 0.0414. The molecule has 1 unspecified atom stereocenters. The number of aromatic nitrogens is 1. The van der Waals surface area contributed by atoms with E-state index in [4.69, 9.17) is 9.15 Å². The minimum Gasteiger partial charge on any atom is -0.503 e. The van der Waals surface area contributed by atoms with Crippen LogP contribution in [-0.2, 0) is 4.79 Å². The molecule has 1 N–H and O–H groups in total. The maximum atomic E-state index is 13.3. The molecule has 0 saturated carbocycles. The number of unbranched alkanes of at least 4 members (excludes halogenated alkanes) is 1. The number of furan rings is 1. The van der Waals surface area contributed by atoms with Gasteiger partial charge in [0.15, 0.2) is 16.7 Å². The van der Waals surface area contributed by atoms with E-state index >= 15 is 0 Å². The normalized spacial score (nSPS) is 16.3.